The Bertz CT molecular complexity index is 1260. The molecular formula is C24H27N7O. The monoisotopic (exact) mass is 429 g/mol. The quantitative estimate of drug-likeness (QED) is 0.484. The second kappa shape index (κ2) is 8.55. The van der Waals surface area contributed by atoms with Crippen molar-refractivity contribution in [2.24, 2.45) is 7.05 Å². The number of nitrogens with zero attached hydrogens (tertiary/aromatic N) is 6. The lowest BCUT2D eigenvalue weighted by atomic mass is 9.91. The van der Waals surface area contributed by atoms with Crippen LogP contribution < -0.4 is 5.32 Å². The number of aryl methyl sites for hydroxylation is 4. The second-order valence-electron chi connectivity index (χ2n) is 8.21. The van der Waals surface area contributed by atoms with E-state index in [0.717, 1.165) is 41.8 Å². The molecule has 4 aromatic rings. The second-order valence-corrected chi connectivity index (χ2v) is 8.21. The normalized spacial score (nSPS) is 12.5. The average molecular weight is 430 g/mol. The van der Waals surface area contributed by atoms with Gasteiger partial charge in [-0.05, 0) is 30.9 Å². The summed E-state index contributed by atoms with van der Waals surface area (Å²) in [6, 6.07) is 10.5. The van der Waals surface area contributed by atoms with E-state index in [1.807, 2.05) is 34.9 Å². The van der Waals surface area contributed by atoms with Gasteiger partial charge < -0.3 is 10.1 Å². The SMILES string of the molecule is COCCn1ccc(Nc2ncc3c(n2)-c2c(nn(C)c2Cc2cccc(C)c2)CC3)n1. The summed E-state index contributed by atoms with van der Waals surface area (Å²) in [4.78, 5) is 9.45. The zero-order valence-corrected chi connectivity index (χ0v) is 18.7. The molecule has 0 fully saturated rings. The Morgan fingerprint density at radius 2 is 2.06 bits per heavy atom. The van der Waals surface area contributed by atoms with Crippen LogP contribution in [0, 0.1) is 6.92 Å². The minimum absolute atomic E-state index is 0.541. The fraction of sp³-hybridized carbons (Fsp3) is 0.333. The highest BCUT2D eigenvalue weighted by atomic mass is 16.5. The molecule has 0 aliphatic heterocycles. The maximum atomic E-state index is 5.12. The van der Waals surface area contributed by atoms with Crippen LogP contribution in [0.4, 0.5) is 11.8 Å². The van der Waals surface area contributed by atoms with Crippen molar-refractivity contribution < 1.29 is 4.74 Å². The first-order valence-electron chi connectivity index (χ1n) is 10.9. The summed E-state index contributed by atoms with van der Waals surface area (Å²) in [5, 5.41) is 12.6. The van der Waals surface area contributed by atoms with Crippen molar-refractivity contribution in [1.82, 2.24) is 29.5 Å². The Morgan fingerprint density at radius 1 is 1.16 bits per heavy atom. The molecule has 8 nitrogen and oxygen atoms in total. The van der Waals surface area contributed by atoms with Crippen molar-refractivity contribution in [1.29, 1.82) is 0 Å². The lowest BCUT2D eigenvalue weighted by Crippen LogP contribution is -2.10. The molecule has 0 saturated carbocycles. The van der Waals surface area contributed by atoms with Crippen LogP contribution in [0.15, 0.2) is 42.7 Å². The molecule has 0 spiro atoms. The van der Waals surface area contributed by atoms with E-state index < -0.39 is 0 Å². The minimum atomic E-state index is 0.541. The Labute approximate surface area is 187 Å². The van der Waals surface area contributed by atoms with Crippen molar-refractivity contribution in [3.8, 4) is 11.3 Å². The van der Waals surface area contributed by atoms with E-state index in [-0.39, 0.29) is 0 Å². The van der Waals surface area contributed by atoms with Gasteiger partial charge in [0.25, 0.3) is 0 Å². The molecule has 0 radical (unpaired) electrons. The maximum Gasteiger partial charge on any atom is 0.228 e. The van der Waals surface area contributed by atoms with Crippen molar-refractivity contribution in [2.45, 2.75) is 32.7 Å². The summed E-state index contributed by atoms with van der Waals surface area (Å²) >= 11 is 0. The zero-order valence-electron chi connectivity index (χ0n) is 18.7. The highest BCUT2D eigenvalue weighted by molar-refractivity contribution is 5.72. The number of fused-ring (bicyclic) bond motifs is 3. The first-order valence-corrected chi connectivity index (χ1v) is 10.9. The number of aromatic nitrogens is 6. The van der Waals surface area contributed by atoms with Crippen LogP contribution in [0.5, 0.6) is 0 Å². The van der Waals surface area contributed by atoms with Gasteiger partial charge in [-0.1, -0.05) is 29.8 Å². The molecular weight excluding hydrogens is 402 g/mol. The van der Waals surface area contributed by atoms with Crippen molar-refractivity contribution >= 4 is 11.8 Å². The van der Waals surface area contributed by atoms with Gasteiger partial charge in [0, 0.05) is 44.6 Å². The van der Waals surface area contributed by atoms with Gasteiger partial charge in [-0.3, -0.25) is 9.36 Å². The molecule has 1 N–H and O–H groups in total. The van der Waals surface area contributed by atoms with Gasteiger partial charge in [0.15, 0.2) is 5.82 Å². The van der Waals surface area contributed by atoms with Gasteiger partial charge in [0.05, 0.1) is 30.2 Å². The maximum absolute atomic E-state index is 5.12. The van der Waals surface area contributed by atoms with Crippen LogP contribution in [0.25, 0.3) is 11.3 Å². The Hall–Kier alpha value is -3.52. The van der Waals surface area contributed by atoms with Gasteiger partial charge in [0.1, 0.15) is 0 Å². The smallest absolute Gasteiger partial charge is 0.228 e. The third-order valence-corrected chi connectivity index (χ3v) is 5.83. The summed E-state index contributed by atoms with van der Waals surface area (Å²) in [7, 11) is 3.71. The Morgan fingerprint density at radius 3 is 2.91 bits per heavy atom. The largest absolute Gasteiger partial charge is 0.383 e. The van der Waals surface area contributed by atoms with Crippen LogP contribution in [0.1, 0.15) is 28.1 Å². The standard InChI is InChI=1S/C24H27N7O/c1-16-5-4-6-17(13-16)14-20-22-19(28-30(20)2)8-7-18-15-25-24(27-23(18)22)26-21-9-10-31(29-21)11-12-32-3/h4-6,9-10,13,15H,7-8,11-12,14H2,1-3H3,(H,25,26,27,29). The van der Waals surface area contributed by atoms with Gasteiger partial charge in [-0.2, -0.15) is 10.2 Å². The predicted octanol–water partition coefficient (Wildman–Crippen LogP) is 3.46. The first-order chi connectivity index (χ1) is 15.6. The summed E-state index contributed by atoms with van der Waals surface area (Å²) < 4.78 is 8.96. The molecule has 0 saturated heterocycles. The molecule has 1 aliphatic carbocycles. The van der Waals surface area contributed by atoms with Crippen LogP contribution >= 0.6 is 0 Å². The fourth-order valence-corrected chi connectivity index (χ4v) is 4.26. The van der Waals surface area contributed by atoms with Crippen LogP contribution in [0.3, 0.4) is 0 Å². The number of anilines is 2. The molecule has 3 aromatic heterocycles. The van der Waals surface area contributed by atoms with Gasteiger partial charge in [-0.25, -0.2) is 9.97 Å². The molecule has 1 aliphatic rings. The van der Waals surface area contributed by atoms with Crippen molar-refractivity contribution in [2.75, 3.05) is 19.0 Å². The summed E-state index contributed by atoms with van der Waals surface area (Å²) in [6.45, 7) is 3.44. The van der Waals surface area contributed by atoms with E-state index in [1.165, 1.54) is 16.8 Å². The summed E-state index contributed by atoms with van der Waals surface area (Å²) in [5.41, 5.74) is 8.10. The van der Waals surface area contributed by atoms with E-state index in [9.17, 15) is 0 Å². The van der Waals surface area contributed by atoms with Crippen LogP contribution in [-0.2, 0) is 37.6 Å². The molecule has 0 amide bonds. The molecule has 1 aromatic carbocycles. The van der Waals surface area contributed by atoms with Crippen LogP contribution in [-0.4, -0.2) is 43.2 Å². The summed E-state index contributed by atoms with van der Waals surface area (Å²) in [6.07, 6.45) is 6.47. The molecule has 5 rings (SSSR count). The number of methoxy groups -OCH3 is 1. The Kier molecular flexibility index (Phi) is 5.45. The summed E-state index contributed by atoms with van der Waals surface area (Å²) in [5.74, 6) is 1.25. The first kappa shape index (κ1) is 20.4. The third-order valence-electron chi connectivity index (χ3n) is 5.83. The van der Waals surface area contributed by atoms with Gasteiger partial charge >= 0.3 is 0 Å². The van der Waals surface area contributed by atoms with E-state index in [4.69, 9.17) is 14.8 Å². The molecule has 164 valence electrons. The molecule has 8 heteroatoms. The van der Waals surface area contributed by atoms with E-state index in [0.29, 0.717) is 24.9 Å². The third kappa shape index (κ3) is 4.01. The lowest BCUT2D eigenvalue weighted by molar-refractivity contribution is 0.183. The highest BCUT2D eigenvalue weighted by Crippen LogP contribution is 2.35. The van der Waals surface area contributed by atoms with Gasteiger partial charge in [-0.15, -0.1) is 0 Å². The zero-order chi connectivity index (χ0) is 22.1. The number of hydrogen-bond acceptors (Lipinski definition) is 6. The van der Waals surface area contributed by atoms with Crippen molar-refractivity contribution in [3.63, 3.8) is 0 Å². The number of nitrogens with one attached hydrogen (secondary N) is 1. The molecule has 32 heavy (non-hydrogen) atoms. The topological polar surface area (TPSA) is 82.7 Å². The number of benzene rings is 1. The predicted molar refractivity (Wildman–Crippen MR) is 123 cm³/mol. The molecule has 0 atom stereocenters. The minimum Gasteiger partial charge on any atom is -0.383 e. The fourth-order valence-electron chi connectivity index (χ4n) is 4.26. The number of rotatable bonds is 7. The molecule has 0 unspecified atom stereocenters. The van der Waals surface area contributed by atoms with E-state index in [1.54, 1.807) is 7.11 Å². The average Bonchev–Trinajstić information content (AvgIpc) is 3.36. The highest BCUT2D eigenvalue weighted by Gasteiger charge is 2.26. The van der Waals surface area contributed by atoms with E-state index >= 15 is 0 Å². The van der Waals surface area contributed by atoms with Crippen molar-refractivity contribution in [3.05, 3.63) is 70.8 Å². The number of hydrogen-bond donors (Lipinski definition) is 1. The molecule has 3 heterocycles. The van der Waals surface area contributed by atoms with Crippen LogP contribution in [0.2, 0.25) is 0 Å². The van der Waals surface area contributed by atoms with E-state index in [2.05, 4.69) is 46.6 Å². The Balaban J connectivity index is 1.47. The number of ether oxygens (including phenoxy) is 1. The molecule has 0 bridgehead atoms. The lowest BCUT2D eigenvalue weighted by Gasteiger charge is -2.16. The van der Waals surface area contributed by atoms with Gasteiger partial charge in [0.2, 0.25) is 5.95 Å².